The molecule has 0 aromatic carbocycles. The molecule has 0 amide bonds. The number of hydrogen-bond acceptors (Lipinski definition) is 2. The third-order valence-electron chi connectivity index (χ3n) is 3.42. The second-order valence-corrected chi connectivity index (χ2v) is 4.77. The van der Waals surface area contributed by atoms with Crippen LogP contribution >= 0.6 is 0 Å². The van der Waals surface area contributed by atoms with Crippen LogP contribution < -0.4 is 0 Å². The van der Waals surface area contributed by atoms with E-state index in [0.29, 0.717) is 12.1 Å². The Balaban J connectivity index is 2.39. The van der Waals surface area contributed by atoms with E-state index in [1.165, 1.54) is 19.3 Å². The summed E-state index contributed by atoms with van der Waals surface area (Å²) in [5.74, 6) is 0. The van der Waals surface area contributed by atoms with Crippen LogP contribution in [0.15, 0.2) is 0 Å². The van der Waals surface area contributed by atoms with Gasteiger partial charge < -0.3 is 5.11 Å². The fraction of sp³-hybridized carbons (Fsp3) is 1.00. The van der Waals surface area contributed by atoms with Crippen molar-refractivity contribution in [2.45, 2.75) is 71.1 Å². The minimum absolute atomic E-state index is 0.122. The van der Waals surface area contributed by atoms with Gasteiger partial charge in [-0.1, -0.05) is 19.8 Å². The largest absolute Gasteiger partial charge is 0.392 e. The average Bonchev–Trinajstić information content (AvgIpc) is 2.12. The summed E-state index contributed by atoms with van der Waals surface area (Å²) < 4.78 is 0. The summed E-state index contributed by atoms with van der Waals surface area (Å²) in [7, 11) is 0. The van der Waals surface area contributed by atoms with Crippen LogP contribution in [0, 0.1) is 0 Å². The zero-order valence-electron chi connectivity index (χ0n) is 9.87. The molecule has 0 radical (unpaired) electrons. The number of piperidine rings is 1. The Kier molecular flexibility index (Phi) is 4.90. The van der Waals surface area contributed by atoms with Crippen molar-refractivity contribution in [3.63, 3.8) is 0 Å². The van der Waals surface area contributed by atoms with E-state index in [-0.39, 0.29) is 6.10 Å². The van der Waals surface area contributed by atoms with Crippen molar-refractivity contribution in [3.8, 4) is 0 Å². The second kappa shape index (κ2) is 5.72. The molecule has 3 unspecified atom stereocenters. The van der Waals surface area contributed by atoms with Gasteiger partial charge in [-0.15, -0.1) is 0 Å². The molecule has 1 rings (SSSR count). The maximum atomic E-state index is 9.80. The Morgan fingerprint density at radius 2 is 1.86 bits per heavy atom. The lowest BCUT2D eigenvalue weighted by molar-refractivity contribution is 0.0381. The van der Waals surface area contributed by atoms with Crippen molar-refractivity contribution in [2.75, 3.05) is 6.54 Å². The molecule has 1 fully saturated rings. The van der Waals surface area contributed by atoms with Crippen LogP contribution in [0.1, 0.15) is 52.9 Å². The first-order valence-corrected chi connectivity index (χ1v) is 6.09. The highest BCUT2D eigenvalue weighted by molar-refractivity contribution is 4.81. The van der Waals surface area contributed by atoms with Crippen molar-refractivity contribution in [1.82, 2.24) is 4.90 Å². The minimum Gasteiger partial charge on any atom is -0.392 e. The van der Waals surface area contributed by atoms with E-state index in [4.69, 9.17) is 0 Å². The van der Waals surface area contributed by atoms with Crippen molar-refractivity contribution >= 4 is 0 Å². The van der Waals surface area contributed by atoms with Gasteiger partial charge in [-0.2, -0.15) is 0 Å². The Morgan fingerprint density at radius 1 is 1.29 bits per heavy atom. The van der Waals surface area contributed by atoms with Crippen LogP contribution in [0.2, 0.25) is 0 Å². The maximum absolute atomic E-state index is 9.80. The smallest absolute Gasteiger partial charge is 0.0667 e. The summed E-state index contributed by atoms with van der Waals surface area (Å²) in [5, 5.41) is 9.80. The van der Waals surface area contributed by atoms with Gasteiger partial charge in [-0.25, -0.2) is 0 Å². The normalized spacial score (nSPS) is 31.7. The molecule has 0 saturated carbocycles. The lowest BCUT2D eigenvalue weighted by Gasteiger charge is -2.40. The van der Waals surface area contributed by atoms with Gasteiger partial charge in [0.2, 0.25) is 0 Å². The summed E-state index contributed by atoms with van der Waals surface area (Å²) in [6, 6.07) is 1.32. The molecule has 84 valence electrons. The number of nitrogens with zero attached hydrogens (tertiary/aromatic N) is 1. The summed E-state index contributed by atoms with van der Waals surface area (Å²) >= 11 is 0. The van der Waals surface area contributed by atoms with E-state index < -0.39 is 0 Å². The van der Waals surface area contributed by atoms with E-state index in [9.17, 15) is 5.11 Å². The van der Waals surface area contributed by atoms with Crippen LogP contribution in [0.25, 0.3) is 0 Å². The minimum atomic E-state index is -0.122. The predicted octanol–water partition coefficient (Wildman–Crippen LogP) is 2.41. The molecule has 14 heavy (non-hydrogen) atoms. The van der Waals surface area contributed by atoms with Crippen LogP contribution in [-0.2, 0) is 0 Å². The standard InChI is InChI=1S/C12H25NO/c1-4-6-12(14)9-13-10(2)7-5-8-11(13)3/h10-12,14H,4-9H2,1-3H3. The number of β-amino-alcohol motifs (C(OH)–C–C–N with tert-alkyl or cyclic N) is 1. The molecule has 1 N–H and O–H groups in total. The van der Waals surface area contributed by atoms with Gasteiger partial charge in [0.25, 0.3) is 0 Å². The Bertz CT molecular complexity index is 150. The van der Waals surface area contributed by atoms with Crippen LogP contribution in [0.4, 0.5) is 0 Å². The lowest BCUT2D eigenvalue weighted by atomic mass is 9.97. The molecule has 0 aromatic heterocycles. The van der Waals surface area contributed by atoms with Crippen molar-refractivity contribution < 1.29 is 5.11 Å². The van der Waals surface area contributed by atoms with Crippen molar-refractivity contribution in [1.29, 1.82) is 0 Å². The van der Waals surface area contributed by atoms with Gasteiger partial charge in [0.15, 0.2) is 0 Å². The number of aliphatic hydroxyl groups is 1. The van der Waals surface area contributed by atoms with E-state index in [0.717, 1.165) is 19.4 Å². The topological polar surface area (TPSA) is 23.5 Å². The van der Waals surface area contributed by atoms with Gasteiger partial charge in [-0.3, -0.25) is 4.90 Å². The van der Waals surface area contributed by atoms with Gasteiger partial charge in [-0.05, 0) is 33.1 Å². The van der Waals surface area contributed by atoms with Gasteiger partial charge in [0.1, 0.15) is 0 Å². The summed E-state index contributed by atoms with van der Waals surface area (Å²) in [6.45, 7) is 7.57. The van der Waals surface area contributed by atoms with E-state index >= 15 is 0 Å². The number of hydrogen-bond donors (Lipinski definition) is 1. The third kappa shape index (κ3) is 3.25. The molecule has 3 atom stereocenters. The van der Waals surface area contributed by atoms with E-state index in [1.807, 2.05) is 0 Å². The maximum Gasteiger partial charge on any atom is 0.0667 e. The molecule has 1 aliphatic heterocycles. The Labute approximate surface area is 88.3 Å². The molecule has 2 nitrogen and oxygen atoms in total. The average molecular weight is 199 g/mol. The van der Waals surface area contributed by atoms with Crippen molar-refractivity contribution in [3.05, 3.63) is 0 Å². The first kappa shape index (κ1) is 12.0. The van der Waals surface area contributed by atoms with Gasteiger partial charge in [0, 0.05) is 18.6 Å². The highest BCUT2D eigenvalue weighted by Gasteiger charge is 2.25. The number of aliphatic hydroxyl groups excluding tert-OH is 1. The molecule has 1 aliphatic rings. The SMILES string of the molecule is CCCC(O)CN1C(C)CCCC1C. The van der Waals surface area contributed by atoms with Crippen molar-refractivity contribution in [2.24, 2.45) is 0 Å². The molecule has 0 spiro atoms. The molecule has 2 heteroatoms. The highest BCUT2D eigenvalue weighted by Crippen LogP contribution is 2.22. The lowest BCUT2D eigenvalue weighted by Crippen LogP contribution is -2.47. The Morgan fingerprint density at radius 3 is 2.36 bits per heavy atom. The first-order chi connectivity index (χ1) is 6.65. The highest BCUT2D eigenvalue weighted by atomic mass is 16.3. The van der Waals surface area contributed by atoms with Gasteiger partial charge in [0.05, 0.1) is 6.10 Å². The number of likely N-dealkylation sites (tertiary alicyclic amines) is 1. The van der Waals surface area contributed by atoms with Crippen LogP contribution in [0.5, 0.6) is 0 Å². The zero-order chi connectivity index (χ0) is 10.6. The van der Waals surface area contributed by atoms with E-state index in [2.05, 4.69) is 25.7 Å². The second-order valence-electron chi connectivity index (χ2n) is 4.77. The zero-order valence-corrected chi connectivity index (χ0v) is 9.87. The molecule has 0 aliphatic carbocycles. The summed E-state index contributed by atoms with van der Waals surface area (Å²) in [4.78, 5) is 2.48. The third-order valence-corrected chi connectivity index (χ3v) is 3.42. The molecule has 0 aromatic rings. The predicted molar refractivity (Wildman–Crippen MR) is 60.4 cm³/mol. The number of rotatable bonds is 4. The van der Waals surface area contributed by atoms with Gasteiger partial charge >= 0.3 is 0 Å². The molecular weight excluding hydrogens is 174 g/mol. The summed E-state index contributed by atoms with van der Waals surface area (Å²) in [6.07, 6.45) is 5.84. The molecular formula is C12H25NO. The Hall–Kier alpha value is -0.0800. The fourth-order valence-electron chi connectivity index (χ4n) is 2.50. The first-order valence-electron chi connectivity index (χ1n) is 6.09. The quantitative estimate of drug-likeness (QED) is 0.751. The molecule has 0 bridgehead atoms. The van der Waals surface area contributed by atoms with Crippen LogP contribution in [0.3, 0.4) is 0 Å². The fourth-order valence-corrected chi connectivity index (χ4v) is 2.50. The molecule has 1 heterocycles. The summed E-state index contributed by atoms with van der Waals surface area (Å²) in [5.41, 5.74) is 0. The van der Waals surface area contributed by atoms with Crippen LogP contribution in [-0.4, -0.2) is 34.7 Å². The monoisotopic (exact) mass is 199 g/mol. The van der Waals surface area contributed by atoms with E-state index in [1.54, 1.807) is 0 Å². The molecule has 1 saturated heterocycles.